The number of fused-ring (bicyclic) bond motifs is 1. The molecule has 0 bridgehead atoms. The van der Waals surface area contributed by atoms with Crippen LogP contribution in [0.15, 0.2) is 23.6 Å². The Morgan fingerprint density at radius 2 is 2.07 bits per heavy atom. The normalized spacial score (nSPS) is 10.8. The van der Waals surface area contributed by atoms with E-state index in [0.717, 1.165) is 11.3 Å². The van der Waals surface area contributed by atoms with Crippen LogP contribution >= 0.6 is 11.3 Å². The molecule has 146 valence electrons. The van der Waals surface area contributed by atoms with E-state index in [1.807, 2.05) is 0 Å². The molecule has 10 heteroatoms. The number of aryl methyl sites for hydroxylation is 1. The molecule has 2 amide bonds. The molecule has 0 aliphatic rings. The van der Waals surface area contributed by atoms with Crippen molar-refractivity contribution in [3.63, 3.8) is 0 Å². The van der Waals surface area contributed by atoms with E-state index < -0.39 is 11.9 Å². The summed E-state index contributed by atoms with van der Waals surface area (Å²) in [5, 5.41) is 17.1. The molecular weight excluding hydrogens is 382 g/mol. The second-order valence-electron chi connectivity index (χ2n) is 6.01. The molecule has 0 saturated carbocycles. The van der Waals surface area contributed by atoms with Crippen molar-refractivity contribution in [2.75, 3.05) is 18.9 Å². The summed E-state index contributed by atoms with van der Waals surface area (Å²) in [6, 6.07) is 4.91. The molecule has 0 aliphatic heterocycles. The Morgan fingerprint density at radius 1 is 1.29 bits per heavy atom. The molecule has 2 heterocycles. The number of carboxylic acids is 1. The Labute approximate surface area is 164 Å². The Hall–Kier alpha value is -3.24. The third-order valence-electron chi connectivity index (χ3n) is 4.20. The van der Waals surface area contributed by atoms with Gasteiger partial charge >= 0.3 is 5.97 Å². The Morgan fingerprint density at radius 3 is 2.75 bits per heavy atom. The van der Waals surface area contributed by atoms with E-state index in [-0.39, 0.29) is 17.3 Å². The summed E-state index contributed by atoms with van der Waals surface area (Å²) >= 11 is 1.14. The standard InChI is InChI=1S/C18H19N5O4S/c1-20-16(25)13-8-28-18(22-13)23-15(24)9-4-5-12-11(7-9)10(3-2-6-19)14(21-12)17(26)27/h4-5,7-8,21H,2-3,6,19H2,1H3,(H,20,25)(H,26,27)(H,22,23,24). The number of aromatic carboxylic acids is 1. The number of aromatic nitrogens is 2. The number of carbonyl (C=O) groups is 3. The van der Waals surface area contributed by atoms with E-state index in [4.69, 9.17) is 5.73 Å². The minimum atomic E-state index is -1.06. The summed E-state index contributed by atoms with van der Waals surface area (Å²) in [5.74, 6) is -1.79. The first-order valence-electron chi connectivity index (χ1n) is 8.51. The van der Waals surface area contributed by atoms with Crippen LogP contribution in [0.3, 0.4) is 0 Å². The third-order valence-corrected chi connectivity index (χ3v) is 4.96. The van der Waals surface area contributed by atoms with Crippen molar-refractivity contribution >= 4 is 45.2 Å². The van der Waals surface area contributed by atoms with Crippen molar-refractivity contribution in [3.8, 4) is 0 Å². The van der Waals surface area contributed by atoms with Crippen LogP contribution in [0.25, 0.3) is 10.9 Å². The van der Waals surface area contributed by atoms with Crippen molar-refractivity contribution in [2.45, 2.75) is 12.8 Å². The Balaban J connectivity index is 1.90. The average molecular weight is 401 g/mol. The monoisotopic (exact) mass is 401 g/mol. The van der Waals surface area contributed by atoms with Gasteiger partial charge in [-0.15, -0.1) is 11.3 Å². The fourth-order valence-corrected chi connectivity index (χ4v) is 3.53. The van der Waals surface area contributed by atoms with Crippen molar-refractivity contribution < 1.29 is 19.5 Å². The molecule has 28 heavy (non-hydrogen) atoms. The quantitative estimate of drug-likeness (QED) is 0.407. The van der Waals surface area contributed by atoms with Gasteiger partial charge in [-0.05, 0) is 43.1 Å². The minimum absolute atomic E-state index is 0.108. The molecule has 6 N–H and O–H groups in total. The number of benzene rings is 1. The lowest BCUT2D eigenvalue weighted by Gasteiger charge is -2.04. The van der Waals surface area contributed by atoms with Crippen LogP contribution in [0, 0.1) is 0 Å². The summed E-state index contributed by atoms with van der Waals surface area (Å²) in [4.78, 5) is 42.6. The minimum Gasteiger partial charge on any atom is -0.477 e. The number of thiazole rings is 1. The van der Waals surface area contributed by atoms with Crippen LogP contribution in [0.2, 0.25) is 0 Å². The molecule has 0 atom stereocenters. The van der Waals surface area contributed by atoms with Crippen molar-refractivity contribution in [1.29, 1.82) is 0 Å². The van der Waals surface area contributed by atoms with Crippen molar-refractivity contribution in [2.24, 2.45) is 5.73 Å². The number of hydrogen-bond acceptors (Lipinski definition) is 6. The number of nitrogens with two attached hydrogens (primary N) is 1. The zero-order valence-corrected chi connectivity index (χ0v) is 15.9. The van der Waals surface area contributed by atoms with Gasteiger partial charge in [-0.1, -0.05) is 0 Å². The van der Waals surface area contributed by atoms with Crippen LogP contribution in [-0.2, 0) is 6.42 Å². The van der Waals surface area contributed by atoms with Gasteiger partial charge in [-0.25, -0.2) is 9.78 Å². The van der Waals surface area contributed by atoms with Gasteiger partial charge in [0.1, 0.15) is 11.4 Å². The molecule has 0 unspecified atom stereocenters. The van der Waals surface area contributed by atoms with Gasteiger partial charge in [0.15, 0.2) is 5.13 Å². The number of nitrogens with zero attached hydrogens (tertiary/aromatic N) is 1. The van der Waals surface area contributed by atoms with Crippen LogP contribution < -0.4 is 16.4 Å². The zero-order chi connectivity index (χ0) is 20.3. The number of hydrogen-bond donors (Lipinski definition) is 5. The average Bonchev–Trinajstić information content (AvgIpc) is 3.29. The van der Waals surface area contributed by atoms with Gasteiger partial charge in [-0.3, -0.25) is 14.9 Å². The van der Waals surface area contributed by atoms with Gasteiger partial charge in [0.2, 0.25) is 0 Å². The van der Waals surface area contributed by atoms with E-state index in [9.17, 15) is 19.5 Å². The first-order chi connectivity index (χ1) is 13.4. The molecule has 0 radical (unpaired) electrons. The highest BCUT2D eigenvalue weighted by Crippen LogP contribution is 2.26. The molecule has 2 aromatic heterocycles. The van der Waals surface area contributed by atoms with Crippen molar-refractivity contribution in [1.82, 2.24) is 15.3 Å². The maximum Gasteiger partial charge on any atom is 0.352 e. The van der Waals surface area contributed by atoms with Crippen molar-refractivity contribution in [3.05, 3.63) is 46.1 Å². The molecule has 3 aromatic rings. The van der Waals surface area contributed by atoms with Crippen LogP contribution in [0.1, 0.15) is 43.3 Å². The molecular formula is C18H19N5O4S. The van der Waals surface area contributed by atoms with Gasteiger partial charge in [0, 0.05) is 28.9 Å². The van der Waals surface area contributed by atoms with Crippen LogP contribution in [0.5, 0.6) is 0 Å². The second kappa shape index (κ2) is 8.19. The number of nitrogens with one attached hydrogen (secondary N) is 3. The topological polar surface area (TPSA) is 150 Å². The third kappa shape index (κ3) is 3.87. The number of carboxylic acid groups (broad SMARTS) is 1. The number of aromatic amines is 1. The summed E-state index contributed by atoms with van der Waals surface area (Å²) < 4.78 is 0. The molecule has 0 spiro atoms. The SMILES string of the molecule is CNC(=O)c1csc(NC(=O)c2ccc3[nH]c(C(=O)O)c(CCCN)c3c2)n1. The van der Waals surface area contributed by atoms with E-state index in [2.05, 4.69) is 20.6 Å². The summed E-state index contributed by atoms with van der Waals surface area (Å²) in [6.45, 7) is 0.434. The van der Waals surface area contributed by atoms with E-state index >= 15 is 0 Å². The van der Waals surface area contributed by atoms with Gasteiger partial charge in [0.05, 0.1) is 0 Å². The molecule has 0 aliphatic carbocycles. The lowest BCUT2D eigenvalue weighted by atomic mass is 10.0. The van der Waals surface area contributed by atoms with Crippen LogP contribution in [0.4, 0.5) is 5.13 Å². The largest absolute Gasteiger partial charge is 0.477 e. The maximum absolute atomic E-state index is 12.6. The summed E-state index contributed by atoms with van der Waals surface area (Å²) in [6.07, 6.45) is 1.12. The summed E-state index contributed by atoms with van der Waals surface area (Å²) in [5.41, 5.74) is 7.50. The lowest BCUT2D eigenvalue weighted by molar-refractivity contribution is 0.0689. The molecule has 1 aromatic carbocycles. The highest BCUT2D eigenvalue weighted by Gasteiger charge is 2.19. The van der Waals surface area contributed by atoms with E-state index in [1.54, 1.807) is 23.6 Å². The summed E-state index contributed by atoms with van der Waals surface area (Å²) in [7, 11) is 1.50. The zero-order valence-electron chi connectivity index (χ0n) is 15.0. The fourth-order valence-electron chi connectivity index (χ4n) is 2.84. The maximum atomic E-state index is 12.6. The van der Waals surface area contributed by atoms with Gasteiger partial charge < -0.3 is 21.1 Å². The molecule has 0 saturated heterocycles. The number of H-pyrrole nitrogens is 1. The number of carbonyl (C=O) groups excluding carboxylic acids is 2. The predicted molar refractivity (Wildman–Crippen MR) is 106 cm³/mol. The first-order valence-corrected chi connectivity index (χ1v) is 9.39. The highest BCUT2D eigenvalue weighted by atomic mass is 32.1. The highest BCUT2D eigenvalue weighted by molar-refractivity contribution is 7.14. The number of amides is 2. The number of anilines is 1. The van der Waals surface area contributed by atoms with E-state index in [1.165, 1.54) is 7.05 Å². The smallest absolute Gasteiger partial charge is 0.352 e. The Bertz CT molecular complexity index is 1060. The predicted octanol–water partition coefficient (Wildman–Crippen LogP) is 1.83. The van der Waals surface area contributed by atoms with Gasteiger partial charge in [-0.2, -0.15) is 0 Å². The molecule has 9 nitrogen and oxygen atoms in total. The molecule has 3 rings (SSSR count). The lowest BCUT2D eigenvalue weighted by Crippen LogP contribution is -2.18. The van der Waals surface area contributed by atoms with Crippen LogP contribution in [-0.4, -0.2) is 46.5 Å². The Kier molecular flexibility index (Phi) is 5.71. The first kappa shape index (κ1) is 19.5. The number of rotatable bonds is 7. The molecule has 0 fully saturated rings. The second-order valence-corrected chi connectivity index (χ2v) is 6.87. The van der Waals surface area contributed by atoms with E-state index in [0.29, 0.717) is 46.5 Å². The van der Waals surface area contributed by atoms with Gasteiger partial charge in [0.25, 0.3) is 11.8 Å². The fraction of sp³-hybridized carbons (Fsp3) is 0.222.